The second-order valence-electron chi connectivity index (χ2n) is 4.86. The molecule has 3 atom stereocenters. The molecule has 16 heavy (non-hydrogen) atoms. The lowest BCUT2D eigenvalue weighted by Gasteiger charge is -2.23. The predicted octanol–water partition coefficient (Wildman–Crippen LogP) is 1.04. The van der Waals surface area contributed by atoms with Gasteiger partial charge in [0.1, 0.15) is 0 Å². The van der Waals surface area contributed by atoms with E-state index in [0.717, 1.165) is 19.3 Å². The van der Waals surface area contributed by atoms with E-state index in [9.17, 15) is 9.59 Å². The van der Waals surface area contributed by atoms with Crippen LogP contribution in [-0.4, -0.2) is 40.6 Å². The van der Waals surface area contributed by atoms with Crippen LogP contribution in [0.15, 0.2) is 0 Å². The first-order chi connectivity index (χ1) is 7.58. The zero-order valence-corrected chi connectivity index (χ0v) is 9.48. The van der Waals surface area contributed by atoms with Gasteiger partial charge < -0.3 is 15.3 Å². The van der Waals surface area contributed by atoms with E-state index in [0.29, 0.717) is 18.5 Å². The molecule has 1 aliphatic carbocycles. The van der Waals surface area contributed by atoms with Crippen molar-refractivity contribution in [3.8, 4) is 0 Å². The van der Waals surface area contributed by atoms with E-state index in [2.05, 4.69) is 12.2 Å². The number of nitrogens with one attached hydrogen (secondary N) is 1. The summed E-state index contributed by atoms with van der Waals surface area (Å²) in [4.78, 5) is 24.2. The molecule has 0 radical (unpaired) electrons. The molecular weight excluding hydrogens is 208 g/mol. The molecule has 2 fully saturated rings. The molecule has 5 heteroatoms. The van der Waals surface area contributed by atoms with Crippen molar-refractivity contribution < 1.29 is 14.7 Å². The molecule has 2 rings (SSSR count). The monoisotopic (exact) mass is 226 g/mol. The fourth-order valence-corrected chi connectivity index (χ4v) is 2.28. The van der Waals surface area contributed by atoms with E-state index in [1.165, 1.54) is 0 Å². The molecule has 2 amide bonds. The Morgan fingerprint density at radius 3 is 2.75 bits per heavy atom. The molecule has 5 nitrogen and oxygen atoms in total. The molecule has 0 aromatic rings. The summed E-state index contributed by atoms with van der Waals surface area (Å²) < 4.78 is 0. The Morgan fingerprint density at radius 2 is 2.19 bits per heavy atom. The number of hydrogen-bond donors (Lipinski definition) is 2. The Hall–Kier alpha value is -1.26. The third-order valence-corrected chi connectivity index (χ3v) is 3.47. The number of carboxylic acid groups (broad SMARTS) is 1. The van der Waals surface area contributed by atoms with Gasteiger partial charge in [-0.3, -0.25) is 4.79 Å². The van der Waals surface area contributed by atoms with Gasteiger partial charge in [0.2, 0.25) is 0 Å². The number of rotatable bonds is 3. The fourth-order valence-electron chi connectivity index (χ4n) is 2.28. The van der Waals surface area contributed by atoms with Crippen molar-refractivity contribution in [2.45, 2.75) is 44.7 Å². The van der Waals surface area contributed by atoms with Gasteiger partial charge in [-0.1, -0.05) is 6.92 Å². The van der Waals surface area contributed by atoms with E-state index in [-0.39, 0.29) is 18.5 Å². The van der Waals surface area contributed by atoms with Gasteiger partial charge in [-0.15, -0.1) is 0 Å². The van der Waals surface area contributed by atoms with Gasteiger partial charge in [-0.05, 0) is 25.2 Å². The molecule has 2 N–H and O–H groups in total. The smallest absolute Gasteiger partial charge is 0.317 e. The Morgan fingerprint density at radius 1 is 1.50 bits per heavy atom. The fraction of sp³-hybridized carbons (Fsp3) is 0.818. The van der Waals surface area contributed by atoms with Gasteiger partial charge in [0, 0.05) is 18.6 Å². The number of nitrogens with zero attached hydrogens (tertiary/aromatic N) is 1. The van der Waals surface area contributed by atoms with Crippen molar-refractivity contribution in [3.05, 3.63) is 0 Å². The van der Waals surface area contributed by atoms with Crippen LogP contribution in [0, 0.1) is 5.92 Å². The minimum absolute atomic E-state index is 0.0631. The third kappa shape index (κ3) is 2.46. The first-order valence-electron chi connectivity index (χ1n) is 5.87. The van der Waals surface area contributed by atoms with Crippen LogP contribution in [0.2, 0.25) is 0 Å². The third-order valence-electron chi connectivity index (χ3n) is 3.47. The standard InChI is InChI=1S/C11H18N2O3/c1-7-5-9(7)12-11(16)13-4-2-3-8(13)6-10(14)15/h7-9H,2-6H2,1H3,(H,12,16)(H,14,15). The molecule has 0 bridgehead atoms. The molecule has 1 heterocycles. The van der Waals surface area contributed by atoms with Crippen LogP contribution in [0.25, 0.3) is 0 Å². The van der Waals surface area contributed by atoms with Gasteiger partial charge >= 0.3 is 12.0 Å². The highest BCUT2D eigenvalue weighted by atomic mass is 16.4. The Balaban J connectivity index is 1.86. The lowest BCUT2D eigenvalue weighted by atomic mass is 10.1. The number of hydrogen-bond acceptors (Lipinski definition) is 2. The molecule has 0 spiro atoms. The maximum absolute atomic E-state index is 11.9. The lowest BCUT2D eigenvalue weighted by Crippen LogP contribution is -2.44. The first kappa shape index (κ1) is 11.2. The number of aliphatic carboxylic acids is 1. The van der Waals surface area contributed by atoms with Crippen LogP contribution >= 0.6 is 0 Å². The zero-order valence-electron chi connectivity index (χ0n) is 9.48. The number of carbonyl (C=O) groups excluding carboxylic acids is 1. The Kier molecular flexibility index (Phi) is 3.03. The van der Waals surface area contributed by atoms with Crippen molar-refractivity contribution >= 4 is 12.0 Å². The molecule has 2 aliphatic rings. The van der Waals surface area contributed by atoms with Crippen molar-refractivity contribution in [1.29, 1.82) is 0 Å². The van der Waals surface area contributed by atoms with Crippen molar-refractivity contribution in [1.82, 2.24) is 10.2 Å². The number of carboxylic acids is 1. The van der Waals surface area contributed by atoms with Gasteiger partial charge in [-0.2, -0.15) is 0 Å². The topological polar surface area (TPSA) is 69.6 Å². The highest BCUT2D eigenvalue weighted by Gasteiger charge is 2.37. The maximum atomic E-state index is 11.9. The molecule has 3 unspecified atom stereocenters. The summed E-state index contributed by atoms with van der Waals surface area (Å²) in [5.41, 5.74) is 0. The largest absolute Gasteiger partial charge is 0.481 e. The molecular formula is C11H18N2O3. The van der Waals surface area contributed by atoms with E-state index in [1.54, 1.807) is 4.90 Å². The van der Waals surface area contributed by atoms with Crippen LogP contribution in [0.3, 0.4) is 0 Å². The van der Waals surface area contributed by atoms with E-state index >= 15 is 0 Å². The van der Waals surface area contributed by atoms with Crippen LogP contribution in [0.1, 0.15) is 32.6 Å². The summed E-state index contributed by atoms with van der Waals surface area (Å²) in [5.74, 6) is -0.256. The summed E-state index contributed by atoms with van der Waals surface area (Å²) in [6.07, 6.45) is 2.82. The van der Waals surface area contributed by atoms with Crippen LogP contribution < -0.4 is 5.32 Å². The molecule has 0 aromatic carbocycles. The van der Waals surface area contributed by atoms with Gasteiger partial charge in [0.05, 0.1) is 6.42 Å². The Bertz CT molecular complexity index is 306. The highest BCUT2D eigenvalue weighted by Crippen LogP contribution is 2.30. The Labute approximate surface area is 94.8 Å². The average Bonchev–Trinajstić information content (AvgIpc) is 2.72. The molecule has 1 aliphatic heterocycles. The second-order valence-corrected chi connectivity index (χ2v) is 4.86. The SMILES string of the molecule is CC1CC1NC(=O)N1CCCC1CC(=O)O. The quantitative estimate of drug-likeness (QED) is 0.755. The lowest BCUT2D eigenvalue weighted by molar-refractivity contribution is -0.137. The van der Waals surface area contributed by atoms with E-state index in [4.69, 9.17) is 5.11 Å². The van der Waals surface area contributed by atoms with Crippen molar-refractivity contribution in [2.24, 2.45) is 5.92 Å². The molecule has 0 aromatic heterocycles. The molecule has 90 valence electrons. The van der Waals surface area contributed by atoms with Gasteiger partial charge in [0.15, 0.2) is 0 Å². The number of urea groups is 1. The number of likely N-dealkylation sites (tertiary alicyclic amines) is 1. The maximum Gasteiger partial charge on any atom is 0.317 e. The van der Waals surface area contributed by atoms with E-state index in [1.807, 2.05) is 0 Å². The summed E-state index contributed by atoms with van der Waals surface area (Å²) >= 11 is 0. The summed E-state index contributed by atoms with van der Waals surface area (Å²) in [5, 5.41) is 11.7. The highest BCUT2D eigenvalue weighted by molar-refractivity contribution is 5.77. The van der Waals surface area contributed by atoms with Gasteiger partial charge in [0.25, 0.3) is 0 Å². The van der Waals surface area contributed by atoms with Crippen molar-refractivity contribution in [2.75, 3.05) is 6.54 Å². The number of amides is 2. The second kappa shape index (κ2) is 4.31. The molecule has 1 saturated carbocycles. The van der Waals surface area contributed by atoms with Gasteiger partial charge in [-0.25, -0.2) is 4.79 Å². The minimum Gasteiger partial charge on any atom is -0.481 e. The first-order valence-corrected chi connectivity index (χ1v) is 5.87. The minimum atomic E-state index is -0.829. The van der Waals surface area contributed by atoms with Crippen LogP contribution in [0.5, 0.6) is 0 Å². The zero-order chi connectivity index (χ0) is 11.7. The summed E-state index contributed by atoms with van der Waals surface area (Å²) in [6, 6.07) is 0.100. The molecule has 1 saturated heterocycles. The van der Waals surface area contributed by atoms with Crippen LogP contribution in [0.4, 0.5) is 4.79 Å². The predicted molar refractivity (Wildman–Crippen MR) is 58.1 cm³/mol. The van der Waals surface area contributed by atoms with E-state index < -0.39 is 5.97 Å². The van der Waals surface area contributed by atoms with Crippen LogP contribution in [-0.2, 0) is 4.79 Å². The van der Waals surface area contributed by atoms with Crippen molar-refractivity contribution in [3.63, 3.8) is 0 Å². The summed E-state index contributed by atoms with van der Waals surface area (Å²) in [7, 11) is 0. The number of carbonyl (C=O) groups is 2. The normalized spacial score (nSPS) is 32.6. The average molecular weight is 226 g/mol. The summed E-state index contributed by atoms with van der Waals surface area (Å²) in [6.45, 7) is 2.79.